The number of carboxylic acids is 1. The molecule has 2 N–H and O–H groups in total. The molecule has 4 nitrogen and oxygen atoms in total. The van der Waals surface area contributed by atoms with Crippen molar-refractivity contribution in [3.63, 3.8) is 0 Å². The highest BCUT2D eigenvalue weighted by atomic mass is 16.4. The lowest BCUT2D eigenvalue weighted by atomic mass is 9.89. The Bertz CT molecular complexity index is 920. The Hall–Kier alpha value is -3.40. The number of anilines is 1. The number of carboxylic acid groups (broad SMARTS) is 1. The fourth-order valence-electron chi connectivity index (χ4n) is 2.82. The van der Waals surface area contributed by atoms with E-state index in [-0.39, 0.29) is 0 Å². The van der Waals surface area contributed by atoms with Gasteiger partial charge in [-0.2, -0.15) is 0 Å². The first-order valence-corrected chi connectivity index (χ1v) is 8.26. The van der Waals surface area contributed by atoms with Crippen molar-refractivity contribution in [2.24, 2.45) is 0 Å². The van der Waals surface area contributed by atoms with Crippen molar-refractivity contribution in [1.29, 1.82) is 0 Å². The zero-order valence-electron chi connectivity index (χ0n) is 14.3. The van der Waals surface area contributed by atoms with Crippen molar-refractivity contribution in [2.45, 2.75) is 12.5 Å². The molecule has 0 saturated heterocycles. The largest absolute Gasteiger partial charge is 0.479 e. The van der Waals surface area contributed by atoms with Gasteiger partial charge in [-0.1, -0.05) is 48.5 Å². The number of aldehydes is 1. The predicted octanol–water partition coefficient (Wildman–Crippen LogP) is 4.58. The summed E-state index contributed by atoms with van der Waals surface area (Å²) in [5, 5.41) is 13.0. The van der Waals surface area contributed by atoms with Crippen LogP contribution in [0.25, 0.3) is 11.1 Å². The van der Waals surface area contributed by atoms with Crippen molar-refractivity contribution in [3.8, 4) is 11.1 Å². The van der Waals surface area contributed by atoms with E-state index in [9.17, 15) is 14.7 Å². The summed E-state index contributed by atoms with van der Waals surface area (Å²) in [5.41, 5.74) is 2.48. The lowest BCUT2D eigenvalue weighted by Gasteiger charge is -2.28. The topological polar surface area (TPSA) is 66.4 Å². The van der Waals surface area contributed by atoms with Gasteiger partial charge in [0.05, 0.1) is 0 Å². The number of hydrogen-bond donors (Lipinski definition) is 2. The summed E-state index contributed by atoms with van der Waals surface area (Å²) in [6.45, 7) is 1.63. The van der Waals surface area contributed by atoms with E-state index >= 15 is 0 Å². The average molecular weight is 345 g/mol. The number of benzene rings is 3. The molecule has 1 atom stereocenters. The van der Waals surface area contributed by atoms with Crippen LogP contribution in [0.5, 0.6) is 0 Å². The maximum atomic E-state index is 12.1. The lowest BCUT2D eigenvalue weighted by molar-refractivity contribution is -0.142. The molecule has 0 bridgehead atoms. The second kappa shape index (κ2) is 7.23. The Balaban J connectivity index is 1.98. The van der Waals surface area contributed by atoms with Gasteiger partial charge in [0.15, 0.2) is 5.54 Å². The minimum atomic E-state index is -1.31. The summed E-state index contributed by atoms with van der Waals surface area (Å²) in [4.78, 5) is 22.9. The number of carbonyl (C=O) groups excluding carboxylic acids is 1. The third-order valence-electron chi connectivity index (χ3n) is 4.42. The number of rotatable bonds is 6. The molecule has 3 aromatic rings. The van der Waals surface area contributed by atoms with Crippen LogP contribution in [0.2, 0.25) is 0 Å². The van der Waals surface area contributed by atoms with Crippen LogP contribution in [0, 0.1) is 0 Å². The van der Waals surface area contributed by atoms with Gasteiger partial charge in [0, 0.05) is 11.3 Å². The highest BCUT2D eigenvalue weighted by Gasteiger charge is 2.35. The third-order valence-corrected chi connectivity index (χ3v) is 4.42. The van der Waals surface area contributed by atoms with Crippen molar-refractivity contribution in [1.82, 2.24) is 0 Å². The molecule has 0 aliphatic heterocycles. The molecule has 0 aromatic heterocycles. The van der Waals surface area contributed by atoms with Crippen molar-refractivity contribution < 1.29 is 14.7 Å². The van der Waals surface area contributed by atoms with Gasteiger partial charge in [-0.3, -0.25) is 4.79 Å². The zero-order valence-corrected chi connectivity index (χ0v) is 14.3. The Morgan fingerprint density at radius 1 is 0.923 bits per heavy atom. The first-order valence-electron chi connectivity index (χ1n) is 8.26. The molecule has 0 aliphatic rings. The molecular weight excluding hydrogens is 326 g/mol. The molecule has 0 heterocycles. The molecule has 4 heteroatoms. The molecule has 0 aliphatic carbocycles. The lowest BCUT2D eigenvalue weighted by Crippen LogP contribution is -2.40. The standard InChI is InChI=1S/C22H19NO3/c1-22(21(25)26,23-20-12-10-16(15-24)11-13-20)19-9-5-8-18(14-19)17-6-3-2-4-7-17/h2-15,23H,1H3,(H,25,26). The van der Waals surface area contributed by atoms with Crippen LogP contribution in [0.1, 0.15) is 22.8 Å². The smallest absolute Gasteiger partial charge is 0.333 e. The maximum Gasteiger partial charge on any atom is 0.333 e. The second-order valence-electron chi connectivity index (χ2n) is 6.24. The predicted molar refractivity (Wildman–Crippen MR) is 102 cm³/mol. The van der Waals surface area contributed by atoms with Crippen LogP contribution < -0.4 is 5.32 Å². The SMILES string of the molecule is CC(Nc1ccc(C=O)cc1)(C(=O)O)c1cccc(-c2ccccc2)c1. The summed E-state index contributed by atoms with van der Waals surface area (Å²) < 4.78 is 0. The number of hydrogen-bond acceptors (Lipinski definition) is 3. The Kier molecular flexibility index (Phi) is 4.85. The summed E-state index contributed by atoms with van der Waals surface area (Å²) >= 11 is 0. The highest BCUT2D eigenvalue weighted by Crippen LogP contribution is 2.30. The first kappa shape index (κ1) is 17.4. The van der Waals surface area contributed by atoms with Gasteiger partial charge in [0.25, 0.3) is 0 Å². The molecule has 130 valence electrons. The van der Waals surface area contributed by atoms with E-state index in [0.717, 1.165) is 17.4 Å². The maximum absolute atomic E-state index is 12.1. The van der Waals surface area contributed by atoms with Crippen LogP contribution in [-0.4, -0.2) is 17.4 Å². The monoisotopic (exact) mass is 345 g/mol. The fourth-order valence-corrected chi connectivity index (χ4v) is 2.82. The van der Waals surface area contributed by atoms with Gasteiger partial charge < -0.3 is 10.4 Å². The molecule has 1 unspecified atom stereocenters. The third kappa shape index (κ3) is 3.49. The van der Waals surface area contributed by atoms with Crippen LogP contribution in [-0.2, 0) is 10.3 Å². The van der Waals surface area contributed by atoms with Gasteiger partial charge in [-0.25, -0.2) is 4.79 Å². The molecule has 3 aromatic carbocycles. The molecule has 0 radical (unpaired) electrons. The average Bonchev–Trinajstić information content (AvgIpc) is 2.69. The quantitative estimate of drug-likeness (QED) is 0.642. The second-order valence-corrected chi connectivity index (χ2v) is 6.24. The zero-order chi connectivity index (χ0) is 18.6. The van der Waals surface area contributed by atoms with Gasteiger partial charge in [0.1, 0.15) is 6.29 Å². The Labute approximate surface area is 152 Å². The van der Waals surface area contributed by atoms with E-state index in [1.807, 2.05) is 48.5 Å². The van der Waals surface area contributed by atoms with E-state index < -0.39 is 11.5 Å². The number of nitrogens with one attached hydrogen (secondary N) is 1. The van der Waals surface area contributed by atoms with Gasteiger partial charge in [-0.05, 0) is 53.9 Å². The van der Waals surface area contributed by atoms with Crippen LogP contribution in [0.4, 0.5) is 5.69 Å². The van der Waals surface area contributed by atoms with E-state index in [2.05, 4.69) is 5.32 Å². The van der Waals surface area contributed by atoms with Crippen molar-refractivity contribution >= 4 is 17.9 Å². The highest BCUT2D eigenvalue weighted by molar-refractivity contribution is 5.85. The molecule has 0 amide bonds. The van der Waals surface area contributed by atoms with E-state index in [1.54, 1.807) is 37.3 Å². The normalized spacial score (nSPS) is 12.8. The van der Waals surface area contributed by atoms with Crippen LogP contribution in [0.3, 0.4) is 0 Å². The van der Waals surface area contributed by atoms with E-state index in [4.69, 9.17) is 0 Å². The van der Waals surface area contributed by atoms with E-state index in [0.29, 0.717) is 16.8 Å². The van der Waals surface area contributed by atoms with Gasteiger partial charge in [0.2, 0.25) is 0 Å². The molecular formula is C22H19NO3. The molecule has 0 spiro atoms. The first-order chi connectivity index (χ1) is 12.5. The summed E-state index contributed by atoms with van der Waals surface area (Å²) in [5.74, 6) is -0.984. The van der Waals surface area contributed by atoms with Crippen LogP contribution in [0.15, 0.2) is 78.9 Å². The minimum absolute atomic E-state index is 0.540. The summed E-state index contributed by atoms with van der Waals surface area (Å²) in [6.07, 6.45) is 0.753. The minimum Gasteiger partial charge on any atom is -0.479 e. The molecule has 26 heavy (non-hydrogen) atoms. The molecule has 0 fully saturated rings. The van der Waals surface area contributed by atoms with Gasteiger partial charge >= 0.3 is 5.97 Å². The van der Waals surface area contributed by atoms with E-state index in [1.165, 1.54) is 0 Å². The van der Waals surface area contributed by atoms with Crippen molar-refractivity contribution in [2.75, 3.05) is 5.32 Å². The number of aliphatic carboxylic acids is 1. The molecule has 0 saturated carbocycles. The van der Waals surface area contributed by atoms with Crippen LogP contribution >= 0.6 is 0 Å². The summed E-state index contributed by atoms with van der Waals surface area (Å²) in [7, 11) is 0. The van der Waals surface area contributed by atoms with Crippen molar-refractivity contribution in [3.05, 3.63) is 90.0 Å². The summed E-state index contributed by atoms with van der Waals surface area (Å²) in [6, 6.07) is 24.0. The molecule has 3 rings (SSSR count). The van der Waals surface area contributed by atoms with Gasteiger partial charge in [-0.15, -0.1) is 0 Å². The fraction of sp³-hybridized carbons (Fsp3) is 0.0909. The number of carbonyl (C=O) groups is 2. The Morgan fingerprint density at radius 2 is 1.58 bits per heavy atom. The Morgan fingerprint density at radius 3 is 2.19 bits per heavy atom.